The standard InChI is InChI=1S/C15H25N5O/c1-10(2)13-17-14(19-18-13)15(21)20-7-5-12(6-8-20)16-9-11-3-4-11/h10-12,16H,3-9H2,1-2H3,(H,17,18,19). The summed E-state index contributed by atoms with van der Waals surface area (Å²) in [4.78, 5) is 18.6. The van der Waals surface area contributed by atoms with Crippen molar-refractivity contribution < 1.29 is 4.79 Å². The number of nitrogens with zero attached hydrogens (tertiary/aromatic N) is 3. The first-order valence-corrected chi connectivity index (χ1v) is 8.08. The minimum atomic E-state index is -0.0428. The molecule has 1 aromatic rings. The predicted molar refractivity (Wildman–Crippen MR) is 80.1 cm³/mol. The third-order valence-electron chi connectivity index (χ3n) is 4.42. The summed E-state index contributed by atoms with van der Waals surface area (Å²) in [7, 11) is 0. The van der Waals surface area contributed by atoms with Crippen LogP contribution >= 0.6 is 0 Å². The van der Waals surface area contributed by atoms with Gasteiger partial charge in [-0.15, -0.1) is 5.10 Å². The van der Waals surface area contributed by atoms with Gasteiger partial charge in [0.1, 0.15) is 5.82 Å². The van der Waals surface area contributed by atoms with Crippen molar-refractivity contribution in [2.45, 2.75) is 51.5 Å². The maximum Gasteiger partial charge on any atom is 0.293 e. The molecule has 1 amide bonds. The SMILES string of the molecule is CC(C)c1nc(C(=O)N2CCC(NCC3CC3)CC2)n[nH]1. The number of piperidine rings is 1. The van der Waals surface area contributed by atoms with E-state index in [1.54, 1.807) is 0 Å². The van der Waals surface area contributed by atoms with Crippen LogP contribution in [0.1, 0.15) is 61.9 Å². The number of carbonyl (C=O) groups excluding carboxylic acids is 1. The van der Waals surface area contributed by atoms with Gasteiger partial charge in [0.05, 0.1) is 0 Å². The van der Waals surface area contributed by atoms with E-state index in [0.29, 0.717) is 11.9 Å². The summed E-state index contributed by atoms with van der Waals surface area (Å²) in [6, 6.07) is 0.563. The highest BCUT2D eigenvalue weighted by Gasteiger charge is 2.27. The van der Waals surface area contributed by atoms with Crippen LogP contribution < -0.4 is 5.32 Å². The van der Waals surface area contributed by atoms with Gasteiger partial charge in [-0.05, 0) is 38.1 Å². The molecule has 0 bridgehead atoms. The van der Waals surface area contributed by atoms with Crippen LogP contribution in [0.5, 0.6) is 0 Å². The van der Waals surface area contributed by atoms with Crippen molar-refractivity contribution in [1.82, 2.24) is 25.4 Å². The first-order chi connectivity index (χ1) is 10.1. The first-order valence-electron chi connectivity index (χ1n) is 8.08. The highest BCUT2D eigenvalue weighted by Crippen LogP contribution is 2.28. The van der Waals surface area contributed by atoms with E-state index in [9.17, 15) is 4.79 Å². The van der Waals surface area contributed by atoms with Crippen molar-refractivity contribution in [1.29, 1.82) is 0 Å². The molecule has 2 N–H and O–H groups in total. The predicted octanol–water partition coefficient (Wildman–Crippen LogP) is 1.53. The second-order valence-corrected chi connectivity index (χ2v) is 6.62. The lowest BCUT2D eigenvalue weighted by Crippen LogP contribution is -2.45. The van der Waals surface area contributed by atoms with Gasteiger partial charge in [-0.3, -0.25) is 9.89 Å². The van der Waals surface area contributed by atoms with Crippen LogP contribution in [0.3, 0.4) is 0 Å². The van der Waals surface area contributed by atoms with Crippen LogP contribution in [-0.4, -0.2) is 51.7 Å². The molecule has 0 radical (unpaired) electrons. The van der Waals surface area contributed by atoms with Gasteiger partial charge in [0.15, 0.2) is 0 Å². The normalized spacial score (nSPS) is 20.2. The summed E-state index contributed by atoms with van der Waals surface area (Å²) in [6.07, 6.45) is 4.82. The van der Waals surface area contributed by atoms with Crippen molar-refractivity contribution in [3.8, 4) is 0 Å². The van der Waals surface area contributed by atoms with Crippen molar-refractivity contribution in [3.63, 3.8) is 0 Å². The summed E-state index contributed by atoms with van der Waals surface area (Å²) in [6.45, 7) is 6.81. The molecule has 2 fully saturated rings. The Labute approximate surface area is 125 Å². The number of aromatic nitrogens is 3. The fraction of sp³-hybridized carbons (Fsp3) is 0.800. The molecule has 1 aliphatic heterocycles. The van der Waals surface area contributed by atoms with Gasteiger partial charge in [0, 0.05) is 25.0 Å². The van der Waals surface area contributed by atoms with Crippen LogP contribution in [0.15, 0.2) is 0 Å². The van der Waals surface area contributed by atoms with Crippen LogP contribution in [0.4, 0.5) is 0 Å². The number of H-pyrrole nitrogens is 1. The van der Waals surface area contributed by atoms with Crippen molar-refractivity contribution >= 4 is 5.91 Å². The number of nitrogens with one attached hydrogen (secondary N) is 2. The van der Waals surface area contributed by atoms with Crippen LogP contribution in [-0.2, 0) is 0 Å². The molecule has 1 aromatic heterocycles. The Morgan fingerprint density at radius 3 is 2.62 bits per heavy atom. The maximum atomic E-state index is 12.4. The minimum absolute atomic E-state index is 0.0428. The van der Waals surface area contributed by atoms with Crippen LogP contribution in [0.2, 0.25) is 0 Å². The van der Waals surface area contributed by atoms with E-state index in [0.717, 1.165) is 44.2 Å². The van der Waals surface area contributed by atoms with E-state index in [1.807, 2.05) is 18.7 Å². The van der Waals surface area contributed by atoms with Gasteiger partial charge in [0.2, 0.25) is 5.82 Å². The van der Waals surface area contributed by atoms with Crippen LogP contribution in [0, 0.1) is 5.92 Å². The Hall–Kier alpha value is -1.43. The highest BCUT2D eigenvalue weighted by molar-refractivity contribution is 5.90. The molecule has 21 heavy (non-hydrogen) atoms. The average molecular weight is 291 g/mol. The van der Waals surface area contributed by atoms with Gasteiger partial charge in [-0.25, -0.2) is 4.98 Å². The fourth-order valence-electron chi connectivity index (χ4n) is 2.71. The summed E-state index contributed by atoms with van der Waals surface area (Å²) in [5.41, 5.74) is 0. The molecule has 2 aliphatic rings. The monoisotopic (exact) mass is 291 g/mol. The van der Waals surface area contributed by atoms with Crippen molar-refractivity contribution in [3.05, 3.63) is 11.6 Å². The molecule has 1 saturated carbocycles. The maximum absolute atomic E-state index is 12.4. The number of rotatable bonds is 5. The van der Waals surface area contributed by atoms with E-state index in [4.69, 9.17) is 0 Å². The number of hydrogen-bond acceptors (Lipinski definition) is 4. The Balaban J connectivity index is 1.49. The summed E-state index contributed by atoms with van der Waals surface area (Å²) >= 11 is 0. The number of likely N-dealkylation sites (tertiary alicyclic amines) is 1. The largest absolute Gasteiger partial charge is 0.336 e. The number of hydrogen-bond donors (Lipinski definition) is 2. The molecule has 6 heteroatoms. The Kier molecular flexibility index (Phi) is 4.24. The van der Waals surface area contributed by atoms with Crippen molar-refractivity contribution in [2.24, 2.45) is 5.92 Å². The smallest absolute Gasteiger partial charge is 0.293 e. The molecule has 1 aliphatic carbocycles. The second kappa shape index (κ2) is 6.13. The minimum Gasteiger partial charge on any atom is -0.336 e. The molecule has 0 spiro atoms. The van der Waals surface area contributed by atoms with Gasteiger partial charge >= 0.3 is 0 Å². The fourth-order valence-corrected chi connectivity index (χ4v) is 2.71. The molecule has 1 saturated heterocycles. The second-order valence-electron chi connectivity index (χ2n) is 6.62. The topological polar surface area (TPSA) is 73.9 Å². The van der Waals surface area contributed by atoms with Gasteiger partial charge in [-0.2, -0.15) is 0 Å². The molecule has 2 heterocycles. The Morgan fingerprint density at radius 1 is 1.33 bits per heavy atom. The van der Waals surface area contributed by atoms with E-state index in [-0.39, 0.29) is 11.8 Å². The molecule has 3 rings (SSSR count). The molecule has 0 unspecified atom stereocenters. The molecule has 0 aromatic carbocycles. The summed E-state index contributed by atoms with van der Waals surface area (Å²) in [5.74, 6) is 2.21. The van der Waals surface area contributed by atoms with Gasteiger partial charge < -0.3 is 10.2 Å². The quantitative estimate of drug-likeness (QED) is 0.863. The molecule has 6 nitrogen and oxygen atoms in total. The lowest BCUT2D eigenvalue weighted by molar-refractivity contribution is 0.0693. The van der Waals surface area contributed by atoms with E-state index in [1.165, 1.54) is 12.8 Å². The molecule has 0 atom stereocenters. The third kappa shape index (κ3) is 3.61. The van der Waals surface area contributed by atoms with Gasteiger partial charge in [-0.1, -0.05) is 13.8 Å². The van der Waals surface area contributed by atoms with Crippen molar-refractivity contribution in [2.75, 3.05) is 19.6 Å². The zero-order chi connectivity index (χ0) is 14.8. The van der Waals surface area contributed by atoms with Crippen LogP contribution in [0.25, 0.3) is 0 Å². The third-order valence-corrected chi connectivity index (χ3v) is 4.42. The number of aromatic amines is 1. The van der Waals surface area contributed by atoms with E-state index < -0.39 is 0 Å². The number of carbonyl (C=O) groups is 1. The van der Waals surface area contributed by atoms with E-state index in [2.05, 4.69) is 20.5 Å². The zero-order valence-electron chi connectivity index (χ0n) is 12.9. The molecular weight excluding hydrogens is 266 g/mol. The summed E-state index contributed by atoms with van der Waals surface area (Å²) in [5, 5.41) is 10.5. The number of amides is 1. The Morgan fingerprint density at radius 2 is 2.05 bits per heavy atom. The Bertz CT molecular complexity index is 486. The van der Waals surface area contributed by atoms with Gasteiger partial charge in [0.25, 0.3) is 5.91 Å². The average Bonchev–Trinajstić information content (AvgIpc) is 3.18. The summed E-state index contributed by atoms with van der Waals surface area (Å²) < 4.78 is 0. The first kappa shape index (κ1) is 14.5. The highest BCUT2D eigenvalue weighted by atomic mass is 16.2. The van der Waals surface area contributed by atoms with E-state index >= 15 is 0 Å². The molecule has 116 valence electrons. The lowest BCUT2D eigenvalue weighted by Gasteiger charge is -2.31. The zero-order valence-corrected chi connectivity index (χ0v) is 12.9. The molecular formula is C15H25N5O. The lowest BCUT2D eigenvalue weighted by atomic mass is 10.0.